The molecule has 0 saturated heterocycles. The molecule has 0 aliphatic heterocycles. The fourth-order valence-corrected chi connectivity index (χ4v) is 1.52. The van der Waals surface area contributed by atoms with Crippen molar-refractivity contribution in [3.05, 3.63) is 29.8 Å². The Bertz CT molecular complexity index is 418. The number of primary amides is 1. The van der Waals surface area contributed by atoms with Gasteiger partial charge in [-0.25, -0.2) is 4.79 Å². The third kappa shape index (κ3) is 3.79. The predicted octanol–water partition coefficient (Wildman–Crippen LogP) is 1.15. The topological polar surface area (TPSA) is 81.4 Å². The molecule has 92 valence electrons. The van der Waals surface area contributed by atoms with Crippen LogP contribution >= 0.6 is 0 Å². The van der Waals surface area contributed by atoms with Crippen molar-refractivity contribution in [2.75, 3.05) is 12.4 Å². The van der Waals surface area contributed by atoms with E-state index in [-0.39, 0.29) is 18.4 Å². The number of ether oxygens (including phenoxy) is 1. The lowest BCUT2D eigenvalue weighted by Crippen LogP contribution is -2.24. The van der Waals surface area contributed by atoms with Crippen LogP contribution in [0.3, 0.4) is 0 Å². The molecule has 0 saturated carbocycles. The molecule has 1 aromatic rings. The molecule has 5 heteroatoms. The Hall–Kier alpha value is -2.04. The number of carbonyl (C=O) groups is 2. The summed E-state index contributed by atoms with van der Waals surface area (Å²) in [5, 5.41) is 3.06. The van der Waals surface area contributed by atoms with Crippen LogP contribution in [0.5, 0.6) is 0 Å². The highest BCUT2D eigenvalue weighted by Crippen LogP contribution is 2.17. The smallest absolute Gasteiger partial charge is 0.339 e. The van der Waals surface area contributed by atoms with Crippen molar-refractivity contribution < 1.29 is 14.3 Å². The van der Waals surface area contributed by atoms with Gasteiger partial charge >= 0.3 is 5.97 Å². The summed E-state index contributed by atoms with van der Waals surface area (Å²) in [6.45, 7) is 1.82. The van der Waals surface area contributed by atoms with Gasteiger partial charge in [0.2, 0.25) is 5.91 Å². The van der Waals surface area contributed by atoms with Crippen molar-refractivity contribution in [3.8, 4) is 0 Å². The Morgan fingerprint density at radius 3 is 2.65 bits per heavy atom. The molecule has 0 aliphatic carbocycles. The molecule has 0 spiro atoms. The number of carbonyl (C=O) groups excluding carboxylic acids is 2. The zero-order chi connectivity index (χ0) is 12.8. The third-order valence-corrected chi connectivity index (χ3v) is 2.24. The number of nitrogens with two attached hydrogens (primary N) is 1. The van der Waals surface area contributed by atoms with Crippen LogP contribution in [-0.4, -0.2) is 25.0 Å². The number of para-hydroxylation sites is 1. The number of rotatable bonds is 5. The first-order valence-corrected chi connectivity index (χ1v) is 5.26. The zero-order valence-electron chi connectivity index (χ0n) is 9.90. The van der Waals surface area contributed by atoms with Gasteiger partial charge in [-0.3, -0.25) is 4.79 Å². The third-order valence-electron chi connectivity index (χ3n) is 2.24. The molecule has 0 bridgehead atoms. The first-order valence-electron chi connectivity index (χ1n) is 5.26. The fraction of sp³-hybridized carbons (Fsp3) is 0.333. The van der Waals surface area contributed by atoms with E-state index in [2.05, 4.69) is 10.1 Å². The number of anilines is 1. The lowest BCUT2D eigenvalue weighted by atomic mass is 10.1. The highest BCUT2D eigenvalue weighted by molar-refractivity contribution is 5.95. The molecule has 1 unspecified atom stereocenters. The summed E-state index contributed by atoms with van der Waals surface area (Å²) in [5.41, 5.74) is 6.17. The van der Waals surface area contributed by atoms with Gasteiger partial charge in [0.15, 0.2) is 0 Å². The molecule has 5 nitrogen and oxygen atoms in total. The van der Waals surface area contributed by atoms with E-state index < -0.39 is 5.97 Å². The van der Waals surface area contributed by atoms with Crippen molar-refractivity contribution in [1.82, 2.24) is 0 Å². The Balaban J connectivity index is 2.83. The molecule has 0 fully saturated rings. The van der Waals surface area contributed by atoms with E-state index in [1.165, 1.54) is 7.11 Å². The van der Waals surface area contributed by atoms with E-state index in [1.807, 2.05) is 6.92 Å². The Kier molecular flexibility index (Phi) is 4.51. The Morgan fingerprint density at radius 1 is 1.41 bits per heavy atom. The SMILES string of the molecule is COC(=O)c1ccccc1NC(C)CC(N)=O. The lowest BCUT2D eigenvalue weighted by Gasteiger charge is -2.15. The second-order valence-corrected chi connectivity index (χ2v) is 3.75. The fourth-order valence-electron chi connectivity index (χ4n) is 1.52. The van der Waals surface area contributed by atoms with Crippen LogP contribution < -0.4 is 11.1 Å². The number of esters is 1. The van der Waals surface area contributed by atoms with Crippen LogP contribution in [0.4, 0.5) is 5.69 Å². The van der Waals surface area contributed by atoms with Gasteiger partial charge in [-0.2, -0.15) is 0 Å². The molecule has 1 atom stereocenters. The van der Waals surface area contributed by atoms with Crippen LogP contribution in [-0.2, 0) is 9.53 Å². The number of amides is 1. The number of hydrogen-bond donors (Lipinski definition) is 2. The van der Waals surface area contributed by atoms with E-state index in [1.54, 1.807) is 24.3 Å². The van der Waals surface area contributed by atoms with Crippen LogP contribution in [0.15, 0.2) is 24.3 Å². The Morgan fingerprint density at radius 2 is 2.06 bits per heavy atom. The van der Waals surface area contributed by atoms with Gasteiger partial charge in [-0.05, 0) is 19.1 Å². The standard InChI is InChI=1S/C12H16N2O3/c1-8(7-11(13)15)14-10-6-4-3-5-9(10)12(16)17-2/h3-6,8,14H,7H2,1-2H3,(H2,13,15). The second-order valence-electron chi connectivity index (χ2n) is 3.75. The molecule has 0 aromatic heterocycles. The van der Waals surface area contributed by atoms with Crippen molar-refractivity contribution in [2.24, 2.45) is 5.73 Å². The summed E-state index contributed by atoms with van der Waals surface area (Å²) in [6, 6.07) is 6.81. The van der Waals surface area contributed by atoms with Gasteiger partial charge in [-0.1, -0.05) is 12.1 Å². The van der Waals surface area contributed by atoms with Gasteiger partial charge in [0.25, 0.3) is 0 Å². The number of nitrogens with one attached hydrogen (secondary N) is 1. The summed E-state index contributed by atoms with van der Waals surface area (Å²) in [7, 11) is 1.33. The zero-order valence-corrected chi connectivity index (χ0v) is 9.90. The first-order chi connectivity index (χ1) is 8.04. The van der Waals surface area contributed by atoms with Crippen LogP contribution in [0, 0.1) is 0 Å². The minimum atomic E-state index is -0.417. The average Bonchev–Trinajstić information content (AvgIpc) is 2.27. The minimum absolute atomic E-state index is 0.140. The normalized spacial score (nSPS) is 11.6. The summed E-state index contributed by atoms with van der Waals surface area (Å²) >= 11 is 0. The van der Waals surface area contributed by atoms with E-state index in [0.29, 0.717) is 11.3 Å². The molecule has 1 amide bonds. The summed E-state index contributed by atoms with van der Waals surface area (Å²) in [5.74, 6) is -0.806. The van der Waals surface area contributed by atoms with E-state index >= 15 is 0 Å². The average molecular weight is 236 g/mol. The molecular formula is C12H16N2O3. The van der Waals surface area contributed by atoms with Crippen molar-refractivity contribution in [3.63, 3.8) is 0 Å². The van der Waals surface area contributed by atoms with E-state index in [4.69, 9.17) is 5.73 Å². The maximum atomic E-state index is 11.5. The monoisotopic (exact) mass is 236 g/mol. The summed E-state index contributed by atoms with van der Waals surface area (Å²) in [6.07, 6.45) is 0.204. The van der Waals surface area contributed by atoms with Gasteiger partial charge in [0, 0.05) is 18.2 Å². The highest BCUT2D eigenvalue weighted by Gasteiger charge is 2.13. The summed E-state index contributed by atoms with van der Waals surface area (Å²) in [4.78, 5) is 22.2. The van der Waals surface area contributed by atoms with Gasteiger partial charge in [0.1, 0.15) is 0 Å². The van der Waals surface area contributed by atoms with Gasteiger partial charge in [-0.15, -0.1) is 0 Å². The first kappa shape index (κ1) is 13.0. The van der Waals surface area contributed by atoms with Crippen molar-refractivity contribution in [2.45, 2.75) is 19.4 Å². The molecule has 3 N–H and O–H groups in total. The second kappa shape index (κ2) is 5.89. The quantitative estimate of drug-likeness (QED) is 0.751. The Labute approximate surface area is 99.9 Å². The maximum Gasteiger partial charge on any atom is 0.339 e. The van der Waals surface area contributed by atoms with Crippen LogP contribution in [0.1, 0.15) is 23.7 Å². The number of benzene rings is 1. The molecule has 1 rings (SSSR count). The molecular weight excluding hydrogens is 220 g/mol. The number of methoxy groups -OCH3 is 1. The minimum Gasteiger partial charge on any atom is -0.465 e. The predicted molar refractivity (Wildman–Crippen MR) is 64.7 cm³/mol. The lowest BCUT2D eigenvalue weighted by molar-refractivity contribution is -0.118. The van der Waals surface area contributed by atoms with Crippen molar-refractivity contribution >= 4 is 17.6 Å². The van der Waals surface area contributed by atoms with E-state index in [9.17, 15) is 9.59 Å². The van der Waals surface area contributed by atoms with Crippen LogP contribution in [0.2, 0.25) is 0 Å². The van der Waals surface area contributed by atoms with E-state index in [0.717, 1.165) is 0 Å². The summed E-state index contributed by atoms with van der Waals surface area (Å²) < 4.78 is 4.67. The highest BCUT2D eigenvalue weighted by atomic mass is 16.5. The molecule has 0 radical (unpaired) electrons. The number of hydrogen-bond acceptors (Lipinski definition) is 4. The maximum absolute atomic E-state index is 11.5. The van der Waals surface area contributed by atoms with Gasteiger partial charge in [0.05, 0.1) is 12.7 Å². The van der Waals surface area contributed by atoms with Crippen LogP contribution in [0.25, 0.3) is 0 Å². The molecule has 0 heterocycles. The van der Waals surface area contributed by atoms with Crippen molar-refractivity contribution in [1.29, 1.82) is 0 Å². The molecule has 0 aliphatic rings. The van der Waals surface area contributed by atoms with Gasteiger partial charge < -0.3 is 15.8 Å². The molecule has 17 heavy (non-hydrogen) atoms. The largest absolute Gasteiger partial charge is 0.465 e. The molecule has 1 aromatic carbocycles.